The molecule has 2 saturated heterocycles. The SMILES string of the molecule is C[C@@H]1C[C@H](C)CN(C(=O)COC(=O)c2ccc(S(=O)(=O)N3CCCC3)cc2)C1. The molecule has 1 amide bonds. The first-order chi connectivity index (χ1) is 13.3. The summed E-state index contributed by atoms with van der Waals surface area (Å²) < 4.78 is 31.6. The van der Waals surface area contributed by atoms with E-state index in [0.29, 0.717) is 38.0 Å². The number of nitrogens with zero attached hydrogens (tertiary/aromatic N) is 2. The molecule has 0 N–H and O–H groups in total. The Morgan fingerprint density at radius 3 is 2.18 bits per heavy atom. The molecule has 1 aromatic rings. The van der Waals surface area contributed by atoms with Crippen LogP contribution in [0.15, 0.2) is 29.2 Å². The molecule has 0 spiro atoms. The van der Waals surface area contributed by atoms with Crippen LogP contribution < -0.4 is 0 Å². The van der Waals surface area contributed by atoms with E-state index >= 15 is 0 Å². The summed E-state index contributed by atoms with van der Waals surface area (Å²) in [5.41, 5.74) is 0.230. The van der Waals surface area contributed by atoms with E-state index in [4.69, 9.17) is 4.74 Å². The van der Waals surface area contributed by atoms with E-state index in [1.807, 2.05) is 0 Å². The van der Waals surface area contributed by atoms with Crippen LogP contribution in [0.4, 0.5) is 0 Å². The van der Waals surface area contributed by atoms with Gasteiger partial charge >= 0.3 is 5.97 Å². The maximum absolute atomic E-state index is 12.5. The normalized spacial score (nSPS) is 23.6. The Labute approximate surface area is 166 Å². The number of hydrogen-bond acceptors (Lipinski definition) is 5. The summed E-state index contributed by atoms with van der Waals surface area (Å²) >= 11 is 0. The molecule has 28 heavy (non-hydrogen) atoms. The lowest BCUT2D eigenvalue weighted by Crippen LogP contribution is -2.44. The quantitative estimate of drug-likeness (QED) is 0.697. The number of piperidine rings is 1. The maximum atomic E-state index is 12.5. The summed E-state index contributed by atoms with van der Waals surface area (Å²) in [6.45, 7) is 6.35. The van der Waals surface area contributed by atoms with Gasteiger partial charge in [0.2, 0.25) is 10.0 Å². The summed E-state index contributed by atoms with van der Waals surface area (Å²) in [5, 5.41) is 0. The van der Waals surface area contributed by atoms with Crippen molar-refractivity contribution < 1.29 is 22.7 Å². The van der Waals surface area contributed by atoms with Crippen LogP contribution in [-0.4, -0.2) is 62.3 Å². The first-order valence-corrected chi connectivity index (χ1v) is 11.3. The summed E-state index contributed by atoms with van der Waals surface area (Å²) in [4.78, 5) is 26.5. The molecule has 2 aliphatic rings. The second kappa shape index (κ2) is 8.61. The van der Waals surface area contributed by atoms with Gasteiger partial charge in [0.15, 0.2) is 6.61 Å². The van der Waals surface area contributed by atoms with Crippen LogP contribution in [0.5, 0.6) is 0 Å². The number of carbonyl (C=O) groups excluding carboxylic acids is 2. The van der Waals surface area contributed by atoms with Gasteiger partial charge in [-0.25, -0.2) is 13.2 Å². The van der Waals surface area contributed by atoms with Gasteiger partial charge in [-0.3, -0.25) is 4.79 Å². The number of hydrogen-bond donors (Lipinski definition) is 0. The van der Waals surface area contributed by atoms with Crippen molar-refractivity contribution in [1.82, 2.24) is 9.21 Å². The van der Waals surface area contributed by atoms with Gasteiger partial charge < -0.3 is 9.64 Å². The van der Waals surface area contributed by atoms with E-state index < -0.39 is 16.0 Å². The van der Waals surface area contributed by atoms with Crippen molar-refractivity contribution in [3.63, 3.8) is 0 Å². The van der Waals surface area contributed by atoms with Crippen LogP contribution in [-0.2, 0) is 19.6 Å². The highest BCUT2D eigenvalue weighted by Crippen LogP contribution is 2.22. The van der Waals surface area contributed by atoms with E-state index in [9.17, 15) is 18.0 Å². The van der Waals surface area contributed by atoms with E-state index in [2.05, 4.69) is 13.8 Å². The summed E-state index contributed by atoms with van der Waals surface area (Å²) in [6.07, 6.45) is 2.83. The Balaban J connectivity index is 1.57. The van der Waals surface area contributed by atoms with Crippen molar-refractivity contribution in [3.05, 3.63) is 29.8 Å². The molecule has 1 aromatic carbocycles. The average Bonchev–Trinajstić information content (AvgIpc) is 3.21. The van der Waals surface area contributed by atoms with Crippen LogP contribution in [0.3, 0.4) is 0 Å². The van der Waals surface area contributed by atoms with Gasteiger partial charge in [-0.05, 0) is 55.4 Å². The Hall–Kier alpha value is -1.93. The topological polar surface area (TPSA) is 84.0 Å². The monoisotopic (exact) mass is 408 g/mol. The highest BCUT2D eigenvalue weighted by molar-refractivity contribution is 7.89. The fraction of sp³-hybridized carbons (Fsp3) is 0.600. The van der Waals surface area contributed by atoms with E-state index in [-0.39, 0.29) is 23.0 Å². The Morgan fingerprint density at radius 1 is 1.04 bits per heavy atom. The molecule has 0 bridgehead atoms. The Bertz CT molecular complexity index is 806. The first kappa shape index (κ1) is 20.8. The smallest absolute Gasteiger partial charge is 0.338 e. The summed E-state index contributed by atoms with van der Waals surface area (Å²) in [7, 11) is -3.51. The van der Waals surface area contributed by atoms with E-state index in [1.165, 1.54) is 28.6 Å². The highest BCUT2D eigenvalue weighted by atomic mass is 32.2. The fourth-order valence-electron chi connectivity index (χ4n) is 4.01. The molecule has 2 aliphatic heterocycles. The van der Waals surface area contributed by atoms with Gasteiger partial charge in [-0.15, -0.1) is 0 Å². The zero-order valence-electron chi connectivity index (χ0n) is 16.5. The van der Waals surface area contributed by atoms with E-state index in [1.54, 1.807) is 4.90 Å². The van der Waals surface area contributed by atoms with Crippen molar-refractivity contribution in [2.75, 3.05) is 32.8 Å². The van der Waals surface area contributed by atoms with Gasteiger partial charge in [0.1, 0.15) is 0 Å². The van der Waals surface area contributed by atoms with Gasteiger partial charge in [0.05, 0.1) is 10.5 Å². The third kappa shape index (κ3) is 4.72. The molecule has 0 unspecified atom stereocenters. The molecule has 0 saturated carbocycles. The number of sulfonamides is 1. The largest absolute Gasteiger partial charge is 0.452 e. The molecule has 7 nitrogen and oxygen atoms in total. The minimum Gasteiger partial charge on any atom is -0.452 e. The molecule has 3 rings (SSSR count). The predicted molar refractivity (Wildman–Crippen MR) is 104 cm³/mol. The van der Waals surface area contributed by atoms with Crippen LogP contribution in [0.1, 0.15) is 43.5 Å². The molecule has 0 aromatic heterocycles. The highest BCUT2D eigenvalue weighted by Gasteiger charge is 2.28. The molecule has 2 heterocycles. The summed E-state index contributed by atoms with van der Waals surface area (Å²) in [6, 6.07) is 5.70. The number of carbonyl (C=O) groups is 2. The van der Waals surface area contributed by atoms with E-state index in [0.717, 1.165) is 19.3 Å². The number of benzene rings is 1. The van der Waals surface area contributed by atoms with Crippen molar-refractivity contribution in [1.29, 1.82) is 0 Å². The zero-order chi connectivity index (χ0) is 20.3. The molecule has 8 heteroatoms. The van der Waals surface area contributed by atoms with Gasteiger partial charge in [-0.2, -0.15) is 4.31 Å². The lowest BCUT2D eigenvalue weighted by Gasteiger charge is -2.34. The predicted octanol–water partition coefficient (Wildman–Crippen LogP) is 2.13. The summed E-state index contributed by atoms with van der Waals surface area (Å²) in [5.74, 6) is 0.0542. The second-order valence-corrected chi connectivity index (χ2v) is 9.89. The van der Waals surface area contributed by atoms with Crippen LogP contribution >= 0.6 is 0 Å². The molecular weight excluding hydrogens is 380 g/mol. The average molecular weight is 409 g/mol. The van der Waals surface area contributed by atoms with Crippen LogP contribution in [0.2, 0.25) is 0 Å². The maximum Gasteiger partial charge on any atom is 0.338 e. The molecule has 2 fully saturated rings. The van der Waals surface area contributed by atoms with Crippen LogP contribution in [0, 0.1) is 11.8 Å². The fourth-order valence-corrected chi connectivity index (χ4v) is 5.53. The van der Waals surface area contributed by atoms with Crippen LogP contribution in [0.25, 0.3) is 0 Å². The van der Waals surface area contributed by atoms with Crippen molar-refractivity contribution in [2.45, 2.75) is 38.0 Å². The van der Waals surface area contributed by atoms with Gasteiger partial charge in [0, 0.05) is 26.2 Å². The zero-order valence-corrected chi connectivity index (χ0v) is 17.3. The Morgan fingerprint density at radius 2 is 1.61 bits per heavy atom. The lowest BCUT2D eigenvalue weighted by atomic mass is 9.92. The molecule has 0 aliphatic carbocycles. The van der Waals surface area contributed by atoms with Crippen molar-refractivity contribution in [3.8, 4) is 0 Å². The number of amides is 1. The second-order valence-electron chi connectivity index (χ2n) is 7.96. The lowest BCUT2D eigenvalue weighted by molar-refractivity contribution is -0.137. The molecule has 2 atom stereocenters. The van der Waals surface area contributed by atoms with Gasteiger partial charge in [-0.1, -0.05) is 13.8 Å². The number of rotatable bonds is 5. The van der Waals surface area contributed by atoms with Crippen molar-refractivity contribution in [2.24, 2.45) is 11.8 Å². The number of ether oxygens (including phenoxy) is 1. The number of likely N-dealkylation sites (tertiary alicyclic amines) is 1. The minimum atomic E-state index is -3.51. The third-order valence-electron chi connectivity index (χ3n) is 5.34. The van der Waals surface area contributed by atoms with Crippen molar-refractivity contribution >= 4 is 21.9 Å². The third-order valence-corrected chi connectivity index (χ3v) is 7.25. The first-order valence-electron chi connectivity index (χ1n) is 9.82. The minimum absolute atomic E-state index is 0.165. The molecule has 154 valence electrons. The number of esters is 1. The molecule has 0 radical (unpaired) electrons. The molecular formula is C20H28N2O5S. The van der Waals surface area contributed by atoms with Gasteiger partial charge in [0.25, 0.3) is 5.91 Å². The standard InChI is InChI=1S/C20H28N2O5S/c1-15-11-16(2)13-21(12-15)19(23)14-27-20(24)17-5-7-18(8-6-17)28(25,26)22-9-3-4-10-22/h5-8,15-16H,3-4,9-14H2,1-2H3/t15-,16+. The Kier molecular flexibility index (Phi) is 6.40.